The maximum atomic E-state index is 5.17. The SMILES string of the molecule is COc1ccc(-c2csc(Nc3ccc(Br)cc3Br)n2)cc1. The van der Waals surface area contributed by atoms with Crippen LogP contribution in [0.15, 0.2) is 56.8 Å². The molecule has 6 heteroatoms. The van der Waals surface area contributed by atoms with E-state index < -0.39 is 0 Å². The standard InChI is InChI=1S/C16H12Br2N2OS/c1-21-12-5-2-10(3-6-12)15-9-22-16(20-15)19-14-7-4-11(17)8-13(14)18/h2-9H,1H3,(H,19,20). The van der Waals surface area contributed by atoms with Crippen LogP contribution in [-0.4, -0.2) is 12.1 Å². The topological polar surface area (TPSA) is 34.1 Å². The maximum absolute atomic E-state index is 5.17. The molecule has 0 fully saturated rings. The summed E-state index contributed by atoms with van der Waals surface area (Å²) >= 11 is 8.57. The zero-order chi connectivity index (χ0) is 15.5. The summed E-state index contributed by atoms with van der Waals surface area (Å²) in [6.45, 7) is 0. The third kappa shape index (κ3) is 3.51. The smallest absolute Gasteiger partial charge is 0.187 e. The first-order valence-corrected chi connectivity index (χ1v) is 8.94. The molecule has 0 atom stereocenters. The predicted molar refractivity (Wildman–Crippen MR) is 99.2 cm³/mol. The highest BCUT2D eigenvalue weighted by Gasteiger charge is 2.07. The van der Waals surface area contributed by atoms with Crippen LogP contribution in [0.25, 0.3) is 11.3 Å². The number of hydrogen-bond acceptors (Lipinski definition) is 4. The summed E-state index contributed by atoms with van der Waals surface area (Å²) in [5.41, 5.74) is 3.00. The Morgan fingerprint density at radius 2 is 1.86 bits per heavy atom. The lowest BCUT2D eigenvalue weighted by molar-refractivity contribution is 0.415. The lowest BCUT2D eigenvalue weighted by Crippen LogP contribution is -1.90. The summed E-state index contributed by atoms with van der Waals surface area (Å²) in [5, 5.41) is 6.22. The highest BCUT2D eigenvalue weighted by Crippen LogP contribution is 2.32. The molecule has 0 aliphatic carbocycles. The van der Waals surface area contributed by atoms with Gasteiger partial charge in [0.2, 0.25) is 0 Å². The molecule has 0 spiro atoms. The molecule has 3 nitrogen and oxygen atoms in total. The molecule has 0 aliphatic heterocycles. The van der Waals surface area contributed by atoms with Crippen LogP contribution in [0.3, 0.4) is 0 Å². The highest BCUT2D eigenvalue weighted by molar-refractivity contribution is 9.11. The highest BCUT2D eigenvalue weighted by atomic mass is 79.9. The Hall–Kier alpha value is -1.37. The van der Waals surface area contributed by atoms with Crippen molar-refractivity contribution >= 4 is 54.0 Å². The van der Waals surface area contributed by atoms with Gasteiger partial charge >= 0.3 is 0 Å². The largest absolute Gasteiger partial charge is 0.497 e. The molecule has 112 valence electrons. The molecule has 3 aromatic rings. The molecule has 0 bridgehead atoms. The summed E-state index contributed by atoms with van der Waals surface area (Å²) in [7, 11) is 1.66. The van der Waals surface area contributed by atoms with Crippen molar-refractivity contribution in [3.63, 3.8) is 0 Å². The lowest BCUT2D eigenvalue weighted by atomic mass is 10.2. The number of hydrogen-bond donors (Lipinski definition) is 1. The van der Waals surface area contributed by atoms with E-state index in [1.165, 1.54) is 0 Å². The molecular weight excluding hydrogens is 428 g/mol. The second kappa shape index (κ2) is 6.81. The van der Waals surface area contributed by atoms with Crippen LogP contribution in [0, 0.1) is 0 Å². The molecule has 1 heterocycles. The number of halogens is 2. The Bertz CT molecular complexity index is 787. The molecule has 1 aromatic heterocycles. The van der Waals surface area contributed by atoms with E-state index in [0.29, 0.717) is 0 Å². The van der Waals surface area contributed by atoms with Gasteiger partial charge in [0.15, 0.2) is 5.13 Å². The average Bonchev–Trinajstić information content (AvgIpc) is 2.99. The van der Waals surface area contributed by atoms with E-state index in [-0.39, 0.29) is 0 Å². The molecule has 0 saturated heterocycles. The molecule has 0 aliphatic rings. The number of rotatable bonds is 4. The zero-order valence-corrected chi connectivity index (χ0v) is 15.6. The van der Waals surface area contributed by atoms with Crippen LogP contribution in [-0.2, 0) is 0 Å². The predicted octanol–water partition coefficient (Wildman–Crippen LogP) is 6.09. The molecule has 0 amide bonds. The molecule has 1 N–H and O–H groups in total. The van der Waals surface area contributed by atoms with Crippen molar-refractivity contribution in [3.05, 3.63) is 56.8 Å². The van der Waals surface area contributed by atoms with Gasteiger partial charge in [0, 0.05) is 19.9 Å². The Morgan fingerprint density at radius 3 is 2.55 bits per heavy atom. The molecule has 0 saturated carbocycles. The van der Waals surface area contributed by atoms with E-state index in [9.17, 15) is 0 Å². The number of ether oxygens (including phenoxy) is 1. The van der Waals surface area contributed by atoms with Gasteiger partial charge in [-0.05, 0) is 58.4 Å². The van der Waals surface area contributed by atoms with Gasteiger partial charge in [-0.2, -0.15) is 0 Å². The second-order valence-electron chi connectivity index (χ2n) is 4.52. The first kappa shape index (κ1) is 15.5. The monoisotopic (exact) mass is 438 g/mol. The first-order chi connectivity index (χ1) is 10.7. The minimum absolute atomic E-state index is 0.844. The van der Waals surface area contributed by atoms with Crippen LogP contribution in [0.5, 0.6) is 5.75 Å². The van der Waals surface area contributed by atoms with Gasteiger partial charge in [0.1, 0.15) is 5.75 Å². The lowest BCUT2D eigenvalue weighted by Gasteiger charge is -2.05. The van der Waals surface area contributed by atoms with Gasteiger partial charge in [-0.15, -0.1) is 11.3 Å². The quantitative estimate of drug-likeness (QED) is 0.534. The fraction of sp³-hybridized carbons (Fsp3) is 0.0625. The van der Waals surface area contributed by atoms with Crippen LogP contribution < -0.4 is 10.1 Å². The van der Waals surface area contributed by atoms with Crippen molar-refractivity contribution in [1.29, 1.82) is 0 Å². The normalized spacial score (nSPS) is 10.5. The molecule has 0 radical (unpaired) electrons. The average molecular weight is 440 g/mol. The van der Waals surface area contributed by atoms with E-state index >= 15 is 0 Å². The Kier molecular flexibility index (Phi) is 4.81. The first-order valence-electron chi connectivity index (χ1n) is 6.48. The Balaban J connectivity index is 1.81. The number of nitrogens with zero attached hydrogens (tertiary/aromatic N) is 1. The molecule has 22 heavy (non-hydrogen) atoms. The zero-order valence-electron chi connectivity index (χ0n) is 11.6. The minimum Gasteiger partial charge on any atom is -0.497 e. The second-order valence-corrected chi connectivity index (χ2v) is 7.14. The van der Waals surface area contributed by atoms with Gasteiger partial charge < -0.3 is 10.1 Å². The van der Waals surface area contributed by atoms with Gasteiger partial charge in [-0.25, -0.2) is 4.98 Å². The van der Waals surface area contributed by atoms with Crippen LogP contribution in [0.2, 0.25) is 0 Å². The van der Waals surface area contributed by atoms with Crippen molar-refractivity contribution in [3.8, 4) is 17.0 Å². The Morgan fingerprint density at radius 1 is 1.09 bits per heavy atom. The number of methoxy groups -OCH3 is 1. The number of nitrogens with one attached hydrogen (secondary N) is 1. The fourth-order valence-electron chi connectivity index (χ4n) is 1.93. The number of aromatic nitrogens is 1. The third-order valence-corrected chi connectivity index (χ3v) is 4.97. The van der Waals surface area contributed by atoms with Crippen molar-refractivity contribution in [2.75, 3.05) is 12.4 Å². The molecular formula is C16H12Br2N2OS. The summed E-state index contributed by atoms with van der Waals surface area (Å²) < 4.78 is 7.19. The van der Waals surface area contributed by atoms with Crippen molar-refractivity contribution in [1.82, 2.24) is 4.98 Å². The van der Waals surface area contributed by atoms with Crippen LogP contribution in [0.1, 0.15) is 0 Å². The van der Waals surface area contributed by atoms with E-state index in [2.05, 4.69) is 42.2 Å². The van der Waals surface area contributed by atoms with Gasteiger partial charge in [0.25, 0.3) is 0 Å². The summed E-state index contributed by atoms with van der Waals surface area (Å²) in [5.74, 6) is 0.844. The Labute approximate surface area is 149 Å². The van der Waals surface area contributed by atoms with Crippen LogP contribution >= 0.6 is 43.2 Å². The van der Waals surface area contributed by atoms with E-state index in [0.717, 1.165) is 36.8 Å². The fourth-order valence-corrected chi connectivity index (χ4v) is 3.81. The number of thiazole rings is 1. The van der Waals surface area contributed by atoms with E-state index in [4.69, 9.17) is 4.74 Å². The van der Waals surface area contributed by atoms with Crippen molar-refractivity contribution < 1.29 is 4.74 Å². The van der Waals surface area contributed by atoms with Crippen molar-refractivity contribution in [2.45, 2.75) is 0 Å². The van der Waals surface area contributed by atoms with E-state index in [1.807, 2.05) is 47.8 Å². The number of benzene rings is 2. The molecule has 0 unspecified atom stereocenters. The minimum atomic E-state index is 0.844. The van der Waals surface area contributed by atoms with E-state index in [1.54, 1.807) is 18.4 Å². The van der Waals surface area contributed by atoms with Gasteiger partial charge in [0.05, 0.1) is 18.5 Å². The molecule has 3 rings (SSSR count). The third-order valence-electron chi connectivity index (χ3n) is 3.06. The maximum Gasteiger partial charge on any atom is 0.187 e. The van der Waals surface area contributed by atoms with Gasteiger partial charge in [-0.1, -0.05) is 15.9 Å². The van der Waals surface area contributed by atoms with Gasteiger partial charge in [-0.3, -0.25) is 0 Å². The summed E-state index contributed by atoms with van der Waals surface area (Å²) in [6, 6.07) is 13.9. The number of anilines is 2. The van der Waals surface area contributed by atoms with Crippen LogP contribution in [0.4, 0.5) is 10.8 Å². The molecule has 2 aromatic carbocycles. The van der Waals surface area contributed by atoms with Crippen molar-refractivity contribution in [2.24, 2.45) is 0 Å². The summed E-state index contributed by atoms with van der Waals surface area (Å²) in [4.78, 5) is 4.63. The summed E-state index contributed by atoms with van der Waals surface area (Å²) in [6.07, 6.45) is 0.